The maximum atomic E-state index is 13.1. The van der Waals surface area contributed by atoms with Crippen LogP contribution in [0.2, 0.25) is 0 Å². The predicted molar refractivity (Wildman–Crippen MR) is 132 cm³/mol. The number of aromatic nitrogens is 2. The summed E-state index contributed by atoms with van der Waals surface area (Å²) in [6.07, 6.45) is 7.43. The van der Waals surface area contributed by atoms with Crippen molar-refractivity contribution in [3.05, 3.63) is 78.5 Å². The number of para-hydroxylation sites is 1. The molecular weight excluding hydrogens is 432 g/mol. The van der Waals surface area contributed by atoms with Crippen LogP contribution >= 0.6 is 11.8 Å². The van der Waals surface area contributed by atoms with Crippen LogP contribution in [0.4, 0.5) is 0 Å². The minimum Gasteiger partial charge on any atom is -0.341 e. The van der Waals surface area contributed by atoms with Gasteiger partial charge in [0.25, 0.3) is 0 Å². The number of amides is 2. The summed E-state index contributed by atoms with van der Waals surface area (Å²) < 4.78 is 1.83. The second-order valence-corrected chi connectivity index (χ2v) is 9.27. The van der Waals surface area contributed by atoms with Crippen molar-refractivity contribution in [3.8, 4) is 16.9 Å². The zero-order valence-corrected chi connectivity index (χ0v) is 19.2. The van der Waals surface area contributed by atoms with E-state index in [1.165, 1.54) is 0 Å². The van der Waals surface area contributed by atoms with E-state index in [2.05, 4.69) is 0 Å². The third-order valence-electron chi connectivity index (χ3n) is 6.08. The van der Waals surface area contributed by atoms with Crippen molar-refractivity contribution >= 4 is 29.7 Å². The van der Waals surface area contributed by atoms with E-state index in [9.17, 15) is 9.59 Å². The van der Waals surface area contributed by atoms with Gasteiger partial charge in [-0.05, 0) is 31.1 Å². The highest BCUT2D eigenvalue weighted by Crippen LogP contribution is 2.27. The van der Waals surface area contributed by atoms with Crippen molar-refractivity contribution in [2.75, 3.05) is 24.7 Å². The Morgan fingerprint density at radius 3 is 2.39 bits per heavy atom. The second kappa shape index (κ2) is 9.67. The molecule has 2 aliphatic rings. The lowest BCUT2D eigenvalue weighted by atomic mass is 10.1. The van der Waals surface area contributed by atoms with Crippen LogP contribution < -0.4 is 0 Å². The molecule has 0 saturated carbocycles. The molecule has 1 aromatic heterocycles. The zero-order valence-electron chi connectivity index (χ0n) is 18.3. The van der Waals surface area contributed by atoms with E-state index in [0.717, 1.165) is 48.4 Å². The first-order valence-electron chi connectivity index (χ1n) is 11.3. The van der Waals surface area contributed by atoms with Crippen molar-refractivity contribution in [1.82, 2.24) is 19.6 Å². The molecule has 1 unspecified atom stereocenters. The molecule has 5 rings (SSSR count). The van der Waals surface area contributed by atoms with Crippen LogP contribution in [0.1, 0.15) is 18.4 Å². The number of hydrogen-bond donors (Lipinski definition) is 0. The molecule has 0 spiro atoms. The SMILES string of the molecule is O=C(C1CSCN1C(=O)C=Cc1cn(-c2ccccc2)nc1-c1ccccc1)N1CCCC1. The van der Waals surface area contributed by atoms with Crippen molar-refractivity contribution in [2.24, 2.45) is 0 Å². The van der Waals surface area contributed by atoms with Gasteiger partial charge in [-0.3, -0.25) is 9.59 Å². The Morgan fingerprint density at radius 2 is 1.67 bits per heavy atom. The smallest absolute Gasteiger partial charge is 0.247 e. The number of carbonyl (C=O) groups excluding carboxylic acids is 2. The van der Waals surface area contributed by atoms with Crippen LogP contribution in [-0.4, -0.2) is 62.2 Å². The van der Waals surface area contributed by atoms with Gasteiger partial charge in [0.2, 0.25) is 11.8 Å². The topological polar surface area (TPSA) is 58.4 Å². The summed E-state index contributed by atoms with van der Waals surface area (Å²) in [6.45, 7) is 1.61. The molecule has 6 nitrogen and oxygen atoms in total. The molecule has 1 atom stereocenters. The first-order valence-corrected chi connectivity index (χ1v) is 12.4. The average molecular weight is 459 g/mol. The first-order chi connectivity index (χ1) is 16.2. The van der Waals surface area contributed by atoms with Crippen molar-refractivity contribution in [3.63, 3.8) is 0 Å². The van der Waals surface area contributed by atoms with Gasteiger partial charge >= 0.3 is 0 Å². The predicted octanol–water partition coefficient (Wildman–Crippen LogP) is 4.08. The average Bonchev–Trinajstić information content (AvgIpc) is 3.64. The van der Waals surface area contributed by atoms with Crippen molar-refractivity contribution in [2.45, 2.75) is 18.9 Å². The van der Waals surface area contributed by atoms with Crippen molar-refractivity contribution in [1.29, 1.82) is 0 Å². The molecule has 2 saturated heterocycles. The maximum absolute atomic E-state index is 13.1. The molecular formula is C26H26N4O2S. The summed E-state index contributed by atoms with van der Waals surface area (Å²) in [7, 11) is 0. The Morgan fingerprint density at radius 1 is 0.970 bits per heavy atom. The summed E-state index contributed by atoms with van der Waals surface area (Å²) in [6, 6.07) is 19.5. The number of rotatable bonds is 5. The Labute approximate surface area is 197 Å². The lowest BCUT2D eigenvalue weighted by Gasteiger charge is -2.26. The molecule has 168 valence electrons. The molecule has 0 N–H and O–H groups in total. The fraction of sp³-hybridized carbons (Fsp3) is 0.269. The number of nitrogens with zero attached hydrogens (tertiary/aromatic N) is 4. The Balaban J connectivity index is 1.40. The van der Waals surface area contributed by atoms with Crippen LogP contribution in [0.15, 0.2) is 72.9 Å². The van der Waals surface area contributed by atoms with E-state index in [0.29, 0.717) is 11.6 Å². The maximum Gasteiger partial charge on any atom is 0.247 e. The highest BCUT2D eigenvalue weighted by molar-refractivity contribution is 7.99. The third-order valence-corrected chi connectivity index (χ3v) is 7.10. The number of hydrogen-bond acceptors (Lipinski definition) is 4. The molecule has 0 aliphatic carbocycles. The summed E-state index contributed by atoms with van der Waals surface area (Å²) in [5, 5.41) is 4.80. The van der Waals surface area contributed by atoms with Gasteiger partial charge in [-0.2, -0.15) is 5.10 Å². The van der Waals surface area contributed by atoms with Crippen LogP contribution in [0.25, 0.3) is 23.0 Å². The summed E-state index contributed by atoms with van der Waals surface area (Å²) in [5.41, 5.74) is 3.60. The largest absolute Gasteiger partial charge is 0.341 e. The number of thioether (sulfide) groups is 1. The lowest BCUT2D eigenvalue weighted by molar-refractivity contribution is -0.140. The molecule has 7 heteroatoms. The standard InChI is InChI=1S/C26H26N4O2S/c31-24(29-19-33-18-23(29)26(32)28-15-7-8-16-28)14-13-21-17-30(22-11-5-2-6-12-22)27-25(21)20-9-3-1-4-10-20/h1-6,9-14,17,23H,7-8,15-16,18-19H2. The zero-order chi connectivity index (χ0) is 22.6. The molecule has 2 aliphatic heterocycles. The molecule has 3 heterocycles. The van der Waals surface area contributed by atoms with Gasteiger partial charge in [0.1, 0.15) is 6.04 Å². The van der Waals surface area contributed by atoms with Gasteiger partial charge in [-0.15, -0.1) is 11.8 Å². The molecule has 33 heavy (non-hydrogen) atoms. The molecule has 0 radical (unpaired) electrons. The van der Waals surface area contributed by atoms with Gasteiger partial charge in [-0.1, -0.05) is 48.5 Å². The molecule has 2 fully saturated rings. The normalized spacial score (nSPS) is 18.4. The van der Waals surface area contributed by atoms with E-state index >= 15 is 0 Å². The summed E-state index contributed by atoms with van der Waals surface area (Å²) >= 11 is 1.64. The van der Waals surface area contributed by atoms with E-state index in [1.54, 1.807) is 22.7 Å². The van der Waals surface area contributed by atoms with Gasteiger partial charge in [0.05, 0.1) is 17.3 Å². The number of benzene rings is 2. The van der Waals surface area contributed by atoms with Crippen LogP contribution in [-0.2, 0) is 9.59 Å². The highest BCUT2D eigenvalue weighted by Gasteiger charge is 2.36. The highest BCUT2D eigenvalue weighted by atomic mass is 32.2. The number of carbonyl (C=O) groups is 2. The summed E-state index contributed by atoms with van der Waals surface area (Å²) in [5.74, 6) is 1.16. The van der Waals surface area contributed by atoms with Gasteiger partial charge in [-0.25, -0.2) is 4.68 Å². The second-order valence-electron chi connectivity index (χ2n) is 8.27. The van der Waals surface area contributed by atoms with Gasteiger partial charge < -0.3 is 9.80 Å². The van der Waals surface area contributed by atoms with Crippen LogP contribution in [0, 0.1) is 0 Å². The van der Waals surface area contributed by atoms with E-state index in [-0.39, 0.29) is 17.9 Å². The molecule has 0 bridgehead atoms. The minimum atomic E-state index is -0.370. The Bertz CT molecular complexity index is 1150. The van der Waals surface area contributed by atoms with E-state index < -0.39 is 0 Å². The van der Waals surface area contributed by atoms with Crippen LogP contribution in [0.5, 0.6) is 0 Å². The van der Waals surface area contributed by atoms with Crippen molar-refractivity contribution < 1.29 is 9.59 Å². The summed E-state index contributed by atoms with van der Waals surface area (Å²) in [4.78, 5) is 29.6. The fourth-order valence-electron chi connectivity index (χ4n) is 4.31. The van der Waals surface area contributed by atoms with Gasteiger partial charge in [0, 0.05) is 42.2 Å². The van der Waals surface area contributed by atoms with E-state index in [4.69, 9.17) is 5.10 Å². The van der Waals surface area contributed by atoms with E-state index in [1.807, 2.05) is 82.5 Å². The first kappa shape index (κ1) is 21.5. The third kappa shape index (κ3) is 4.59. The molecule has 2 amide bonds. The molecule has 3 aromatic rings. The van der Waals surface area contributed by atoms with Crippen LogP contribution in [0.3, 0.4) is 0 Å². The monoisotopic (exact) mass is 458 g/mol. The lowest BCUT2D eigenvalue weighted by Crippen LogP contribution is -2.47. The quantitative estimate of drug-likeness (QED) is 0.541. The minimum absolute atomic E-state index is 0.0844. The fourth-order valence-corrected chi connectivity index (χ4v) is 5.47. The molecule has 2 aromatic carbocycles. The van der Waals surface area contributed by atoms with Gasteiger partial charge in [0.15, 0.2) is 0 Å². The Kier molecular flexibility index (Phi) is 6.30. The Hall–Kier alpha value is -3.32. The number of likely N-dealkylation sites (tertiary alicyclic amines) is 1.